The standard InChI is InChI=1S/C44H26OS/c1-2-9-35-30(6-1)22-24-37-43-34(10-5-12-39(43)45-44(35)37)31-20-18-28(19-21-31)27-14-16-29(17-15-27)33-23-25-40-38(26-33)36-11-3-7-32-8-4-13-41(46-40)42(32)36/h1-26H. The van der Waals surface area contributed by atoms with Crippen molar-refractivity contribution in [2.75, 3.05) is 0 Å². The SMILES string of the molecule is c1cc2c3c(cccc3c1)-c1cc(-c3ccc(-c4ccc(-c5cccc6oc7c8ccccc8ccc7c56)cc4)cc3)ccc1S2. The molecule has 0 saturated heterocycles. The van der Waals surface area contributed by atoms with Gasteiger partial charge in [-0.15, -0.1) is 0 Å². The molecule has 9 aromatic rings. The molecule has 0 fully saturated rings. The van der Waals surface area contributed by atoms with Gasteiger partial charge in [0.1, 0.15) is 11.2 Å². The fourth-order valence-corrected chi connectivity index (χ4v) is 8.36. The molecule has 1 aliphatic rings. The fraction of sp³-hybridized carbons (Fsp3) is 0. The second-order valence-electron chi connectivity index (χ2n) is 12.1. The molecule has 8 aromatic carbocycles. The maximum Gasteiger partial charge on any atom is 0.143 e. The minimum atomic E-state index is 0.921. The molecular formula is C44H26OS. The van der Waals surface area contributed by atoms with Crippen molar-refractivity contribution in [3.8, 4) is 44.5 Å². The summed E-state index contributed by atoms with van der Waals surface area (Å²) in [6, 6.07) is 57.2. The van der Waals surface area contributed by atoms with Gasteiger partial charge in [0.25, 0.3) is 0 Å². The van der Waals surface area contributed by atoms with E-state index in [2.05, 4.69) is 158 Å². The van der Waals surface area contributed by atoms with E-state index < -0.39 is 0 Å². The molecule has 1 aromatic heterocycles. The zero-order chi connectivity index (χ0) is 30.2. The molecule has 0 radical (unpaired) electrons. The van der Waals surface area contributed by atoms with Crippen LogP contribution in [0.5, 0.6) is 0 Å². The summed E-state index contributed by atoms with van der Waals surface area (Å²) in [6.07, 6.45) is 0. The van der Waals surface area contributed by atoms with E-state index in [-0.39, 0.29) is 0 Å². The van der Waals surface area contributed by atoms with E-state index in [0.717, 1.165) is 21.9 Å². The zero-order valence-electron chi connectivity index (χ0n) is 24.8. The molecule has 0 bridgehead atoms. The average molecular weight is 603 g/mol. The maximum atomic E-state index is 6.43. The van der Waals surface area contributed by atoms with Crippen molar-refractivity contribution in [3.05, 3.63) is 158 Å². The van der Waals surface area contributed by atoms with Crippen LogP contribution in [0.3, 0.4) is 0 Å². The Labute approximate surface area is 270 Å². The van der Waals surface area contributed by atoms with E-state index in [9.17, 15) is 0 Å². The van der Waals surface area contributed by atoms with Crippen LogP contribution in [0.1, 0.15) is 0 Å². The highest BCUT2D eigenvalue weighted by Crippen LogP contribution is 2.49. The van der Waals surface area contributed by atoms with Crippen LogP contribution in [0.25, 0.3) is 88.0 Å². The minimum Gasteiger partial charge on any atom is -0.455 e. The van der Waals surface area contributed by atoms with Gasteiger partial charge >= 0.3 is 0 Å². The van der Waals surface area contributed by atoms with E-state index in [1.54, 1.807) is 0 Å². The summed E-state index contributed by atoms with van der Waals surface area (Å²) < 4.78 is 6.43. The van der Waals surface area contributed by atoms with Gasteiger partial charge in [-0.25, -0.2) is 0 Å². The van der Waals surface area contributed by atoms with E-state index in [4.69, 9.17) is 4.42 Å². The van der Waals surface area contributed by atoms with Crippen molar-refractivity contribution in [1.29, 1.82) is 0 Å². The van der Waals surface area contributed by atoms with Gasteiger partial charge in [-0.1, -0.05) is 139 Å². The van der Waals surface area contributed by atoms with Crippen LogP contribution in [-0.4, -0.2) is 0 Å². The molecule has 0 amide bonds. The first-order chi connectivity index (χ1) is 22.8. The highest BCUT2D eigenvalue weighted by atomic mass is 32.2. The Balaban J connectivity index is 0.983. The summed E-state index contributed by atoms with van der Waals surface area (Å²) in [6.45, 7) is 0. The topological polar surface area (TPSA) is 13.1 Å². The van der Waals surface area contributed by atoms with Crippen LogP contribution < -0.4 is 0 Å². The maximum absolute atomic E-state index is 6.43. The lowest BCUT2D eigenvalue weighted by atomic mass is 9.93. The highest BCUT2D eigenvalue weighted by Gasteiger charge is 2.19. The van der Waals surface area contributed by atoms with Gasteiger partial charge in [0.15, 0.2) is 0 Å². The molecule has 1 aliphatic heterocycles. The Morgan fingerprint density at radius 2 is 1.02 bits per heavy atom. The predicted molar refractivity (Wildman–Crippen MR) is 195 cm³/mol. The minimum absolute atomic E-state index is 0.921. The monoisotopic (exact) mass is 602 g/mol. The summed E-state index contributed by atoms with van der Waals surface area (Å²) >= 11 is 1.87. The van der Waals surface area contributed by atoms with Crippen LogP contribution in [0, 0.1) is 0 Å². The molecule has 10 rings (SSSR count). The van der Waals surface area contributed by atoms with Crippen LogP contribution in [0.15, 0.2) is 172 Å². The fourth-order valence-electron chi connectivity index (χ4n) is 7.24. The molecule has 1 nitrogen and oxygen atoms in total. The second-order valence-corrected chi connectivity index (χ2v) is 13.2. The quantitative estimate of drug-likeness (QED) is 0.200. The predicted octanol–water partition coefficient (Wildman–Crippen LogP) is 13.0. The highest BCUT2D eigenvalue weighted by molar-refractivity contribution is 7.99. The Morgan fingerprint density at radius 1 is 0.370 bits per heavy atom. The van der Waals surface area contributed by atoms with Gasteiger partial charge in [0.05, 0.1) is 0 Å². The number of hydrogen-bond donors (Lipinski definition) is 0. The Hall–Kier alpha value is -5.57. The smallest absolute Gasteiger partial charge is 0.143 e. The Bertz CT molecular complexity index is 2640. The second kappa shape index (κ2) is 9.97. The molecule has 2 heteroatoms. The summed E-state index contributed by atoms with van der Waals surface area (Å²) in [5, 5.41) is 7.34. The van der Waals surface area contributed by atoms with Crippen molar-refractivity contribution in [2.24, 2.45) is 0 Å². The van der Waals surface area contributed by atoms with Crippen molar-refractivity contribution in [1.82, 2.24) is 0 Å². The first-order valence-electron chi connectivity index (χ1n) is 15.7. The molecule has 0 N–H and O–H groups in total. The molecular weight excluding hydrogens is 577 g/mol. The first-order valence-corrected chi connectivity index (χ1v) is 16.5. The van der Waals surface area contributed by atoms with E-state index in [1.165, 1.54) is 75.8 Å². The molecule has 0 aliphatic carbocycles. The third-order valence-corrected chi connectivity index (χ3v) is 10.6. The van der Waals surface area contributed by atoms with Crippen LogP contribution >= 0.6 is 11.8 Å². The lowest BCUT2D eigenvalue weighted by molar-refractivity contribution is 0.673. The van der Waals surface area contributed by atoms with E-state index >= 15 is 0 Å². The van der Waals surface area contributed by atoms with Crippen molar-refractivity contribution >= 4 is 55.2 Å². The molecule has 2 heterocycles. The molecule has 0 atom stereocenters. The molecule has 0 unspecified atom stereocenters. The molecule has 46 heavy (non-hydrogen) atoms. The van der Waals surface area contributed by atoms with Gasteiger partial charge in [-0.2, -0.15) is 0 Å². The van der Waals surface area contributed by atoms with Gasteiger partial charge < -0.3 is 4.42 Å². The average Bonchev–Trinajstić information content (AvgIpc) is 3.52. The number of hydrogen-bond acceptors (Lipinski definition) is 2. The van der Waals surface area contributed by atoms with Crippen LogP contribution in [-0.2, 0) is 0 Å². The third-order valence-electron chi connectivity index (χ3n) is 9.49. The lowest BCUT2D eigenvalue weighted by Gasteiger charge is -2.21. The third kappa shape index (κ3) is 3.90. The summed E-state index contributed by atoms with van der Waals surface area (Å²) in [7, 11) is 0. The number of benzene rings is 8. The summed E-state index contributed by atoms with van der Waals surface area (Å²) in [4.78, 5) is 2.66. The Kier molecular flexibility index (Phi) is 5.58. The number of fused-ring (bicyclic) bond motifs is 7. The van der Waals surface area contributed by atoms with Gasteiger partial charge in [0.2, 0.25) is 0 Å². The van der Waals surface area contributed by atoms with Crippen LogP contribution in [0.2, 0.25) is 0 Å². The molecule has 0 spiro atoms. The van der Waals surface area contributed by atoms with Gasteiger partial charge in [-0.05, 0) is 85.6 Å². The van der Waals surface area contributed by atoms with Crippen molar-refractivity contribution in [3.63, 3.8) is 0 Å². The number of rotatable bonds is 3. The largest absolute Gasteiger partial charge is 0.455 e. The lowest BCUT2D eigenvalue weighted by Crippen LogP contribution is -1.93. The van der Waals surface area contributed by atoms with Gasteiger partial charge in [-0.3, -0.25) is 0 Å². The normalized spacial score (nSPS) is 12.3. The van der Waals surface area contributed by atoms with Crippen LogP contribution in [0.4, 0.5) is 0 Å². The Morgan fingerprint density at radius 3 is 1.85 bits per heavy atom. The van der Waals surface area contributed by atoms with E-state index in [1.807, 2.05) is 11.8 Å². The van der Waals surface area contributed by atoms with Crippen molar-refractivity contribution < 1.29 is 4.42 Å². The number of furan rings is 1. The van der Waals surface area contributed by atoms with E-state index in [0.29, 0.717) is 0 Å². The van der Waals surface area contributed by atoms with Crippen molar-refractivity contribution in [2.45, 2.75) is 9.79 Å². The molecule has 0 saturated carbocycles. The first kappa shape index (κ1) is 25.7. The van der Waals surface area contributed by atoms with Gasteiger partial charge in [0, 0.05) is 31.3 Å². The molecule has 214 valence electrons. The summed E-state index contributed by atoms with van der Waals surface area (Å²) in [5.41, 5.74) is 11.8. The zero-order valence-corrected chi connectivity index (χ0v) is 25.6. The summed E-state index contributed by atoms with van der Waals surface area (Å²) in [5.74, 6) is 0.